The fourth-order valence-electron chi connectivity index (χ4n) is 0.509. The monoisotopic (exact) mass is 216 g/mol. The highest BCUT2D eigenvalue weighted by atomic mass is 35.7. The Morgan fingerprint density at radius 2 is 2.18 bits per heavy atom. The van der Waals surface area contributed by atoms with E-state index in [1.54, 1.807) is 0 Å². The first-order chi connectivity index (χ1) is 5.12. The molecule has 11 heavy (non-hydrogen) atoms. The number of hydrogen-bond donors (Lipinski definition) is 0. The molecule has 0 aliphatic rings. The van der Waals surface area contributed by atoms with Crippen LogP contribution >= 0.6 is 28.5 Å². The molecule has 0 amide bonds. The quantitative estimate of drug-likeness (QED) is 0.498. The van der Waals surface area contributed by atoms with Crippen LogP contribution in [0.4, 0.5) is 0 Å². The summed E-state index contributed by atoms with van der Waals surface area (Å²) in [5.74, 6) is -2.10. The van der Waals surface area contributed by atoms with Gasteiger partial charge < -0.3 is 4.52 Å². The average Bonchev–Trinajstić information content (AvgIpc) is 1.87. The van der Waals surface area contributed by atoms with Crippen molar-refractivity contribution >= 4 is 28.5 Å². The molecule has 0 N–H and O–H groups in total. The molecular weight excluding hydrogens is 203 g/mol. The molecule has 0 spiro atoms. The van der Waals surface area contributed by atoms with E-state index in [-0.39, 0.29) is 0 Å². The fraction of sp³-hybridized carbons (Fsp3) is 1.00. The van der Waals surface area contributed by atoms with E-state index < -0.39 is 5.92 Å². The highest BCUT2D eigenvalue weighted by Gasteiger charge is 2.17. The van der Waals surface area contributed by atoms with E-state index in [2.05, 4.69) is 6.92 Å². The molecule has 0 aromatic rings. The van der Waals surface area contributed by atoms with Crippen molar-refractivity contribution in [3.63, 3.8) is 0 Å². The van der Waals surface area contributed by atoms with Crippen molar-refractivity contribution in [1.82, 2.24) is 0 Å². The second-order valence-electron chi connectivity index (χ2n) is 2.04. The summed E-state index contributed by atoms with van der Waals surface area (Å²) >= 11 is 6.75. The first kappa shape index (κ1) is 11.8. The van der Waals surface area contributed by atoms with Crippen LogP contribution in [-0.4, -0.2) is 12.4 Å². The number of rotatable bonds is 6. The molecule has 0 bridgehead atoms. The molecular formula is C6H14ClO2PS. The van der Waals surface area contributed by atoms with Gasteiger partial charge in [0.05, 0.1) is 6.61 Å². The Labute approximate surface area is 77.0 Å². The molecule has 68 valence electrons. The Hall–Kier alpha value is 0.830. The molecule has 0 rings (SSSR count). The van der Waals surface area contributed by atoms with E-state index in [1.807, 2.05) is 6.92 Å². The van der Waals surface area contributed by atoms with Crippen LogP contribution in [0.25, 0.3) is 0 Å². The Balaban J connectivity index is 3.47. The molecule has 0 aromatic carbocycles. The van der Waals surface area contributed by atoms with Crippen LogP contribution in [0.15, 0.2) is 0 Å². The van der Waals surface area contributed by atoms with Crippen LogP contribution in [0.1, 0.15) is 26.7 Å². The SMILES string of the molecule is CCCCOP(=O)(Cl)SCC. The molecule has 0 saturated heterocycles. The van der Waals surface area contributed by atoms with Crippen molar-refractivity contribution in [2.75, 3.05) is 12.4 Å². The van der Waals surface area contributed by atoms with E-state index in [0.29, 0.717) is 6.61 Å². The van der Waals surface area contributed by atoms with Crippen LogP contribution in [0.3, 0.4) is 0 Å². The number of hydrogen-bond acceptors (Lipinski definition) is 3. The van der Waals surface area contributed by atoms with Crippen molar-refractivity contribution in [3.05, 3.63) is 0 Å². The third kappa shape index (κ3) is 7.20. The molecule has 0 heterocycles. The standard InChI is InChI=1S/C6H14ClO2PS/c1-3-5-6-9-10(7,8)11-4-2/h3-6H2,1-2H3. The summed E-state index contributed by atoms with van der Waals surface area (Å²) in [6, 6.07) is 0. The Morgan fingerprint density at radius 1 is 1.55 bits per heavy atom. The maximum Gasteiger partial charge on any atom is 0.346 e. The van der Waals surface area contributed by atoms with Crippen LogP contribution in [0.2, 0.25) is 0 Å². The Bertz CT molecular complexity index is 143. The van der Waals surface area contributed by atoms with Crippen molar-refractivity contribution in [3.8, 4) is 0 Å². The normalized spacial score (nSPS) is 16.3. The van der Waals surface area contributed by atoms with Gasteiger partial charge in [0, 0.05) is 5.75 Å². The molecule has 0 aliphatic carbocycles. The number of halogens is 1. The summed E-state index contributed by atoms with van der Waals surface area (Å²) in [5.41, 5.74) is 0. The third-order valence-electron chi connectivity index (χ3n) is 1.03. The van der Waals surface area contributed by atoms with Gasteiger partial charge in [-0.1, -0.05) is 31.7 Å². The van der Waals surface area contributed by atoms with Gasteiger partial charge in [0.15, 0.2) is 0 Å². The lowest BCUT2D eigenvalue weighted by Gasteiger charge is -2.08. The summed E-state index contributed by atoms with van der Waals surface area (Å²) in [6.07, 6.45) is 1.95. The smallest absolute Gasteiger partial charge is 0.310 e. The van der Waals surface area contributed by atoms with Gasteiger partial charge in [0.2, 0.25) is 0 Å². The predicted octanol–water partition coefficient (Wildman–Crippen LogP) is 3.90. The van der Waals surface area contributed by atoms with Gasteiger partial charge in [0.1, 0.15) is 0 Å². The Kier molecular flexibility index (Phi) is 6.84. The van der Waals surface area contributed by atoms with E-state index >= 15 is 0 Å². The highest BCUT2D eigenvalue weighted by Crippen LogP contribution is 2.64. The lowest BCUT2D eigenvalue weighted by molar-refractivity contribution is 0.326. The van der Waals surface area contributed by atoms with Gasteiger partial charge in [-0.2, -0.15) is 0 Å². The fourth-order valence-corrected chi connectivity index (χ4v) is 3.70. The van der Waals surface area contributed by atoms with Crippen molar-refractivity contribution < 1.29 is 9.09 Å². The largest absolute Gasteiger partial charge is 0.346 e. The zero-order valence-corrected chi connectivity index (χ0v) is 9.35. The topological polar surface area (TPSA) is 26.3 Å². The minimum absolute atomic E-state index is 0.504. The van der Waals surface area contributed by atoms with Gasteiger partial charge in [0.25, 0.3) is 0 Å². The molecule has 0 aromatic heterocycles. The van der Waals surface area contributed by atoms with Crippen LogP contribution in [-0.2, 0) is 9.09 Å². The summed E-state index contributed by atoms with van der Waals surface area (Å²) in [7, 11) is 0. The maximum atomic E-state index is 11.2. The van der Waals surface area contributed by atoms with E-state index in [1.165, 1.54) is 11.4 Å². The van der Waals surface area contributed by atoms with Gasteiger partial charge in [-0.25, -0.2) is 0 Å². The molecule has 1 unspecified atom stereocenters. The van der Waals surface area contributed by atoms with Crippen molar-refractivity contribution in [2.24, 2.45) is 0 Å². The van der Waals surface area contributed by atoms with Crippen LogP contribution in [0, 0.1) is 0 Å². The second kappa shape index (κ2) is 6.36. The van der Waals surface area contributed by atoms with E-state index in [9.17, 15) is 4.57 Å². The molecule has 0 fully saturated rings. The maximum absolute atomic E-state index is 11.2. The van der Waals surface area contributed by atoms with Gasteiger partial charge in [-0.3, -0.25) is 4.57 Å². The van der Waals surface area contributed by atoms with Crippen LogP contribution in [0.5, 0.6) is 0 Å². The summed E-state index contributed by atoms with van der Waals surface area (Å²) in [6.45, 7) is 4.46. The molecule has 5 heteroatoms. The zero-order valence-electron chi connectivity index (χ0n) is 6.88. The van der Waals surface area contributed by atoms with Crippen molar-refractivity contribution in [2.45, 2.75) is 26.7 Å². The van der Waals surface area contributed by atoms with Gasteiger partial charge >= 0.3 is 5.92 Å². The first-order valence-corrected chi connectivity index (χ1v) is 7.83. The van der Waals surface area contributed by atoms with Gasteiger partial charge in [-0.05, 0) is 17.7 Å². The van der Waals surface area contributed by atoms with E-state index in [4.69, 9.17) is 15.8 Å². The second-order valence-corrected chi connectivity index (χ2v) is 8.14. The molecule has 0 aliphatic heterocycles. The lowest BCUT2D eigenvalue weighted by atomic mass is 10.4. The Morgan fingerprint density at radius 3 is 2.64 bits per heavy atom. The van der Waals surface area contributed by atoms with E-state index in [0.717, 1.165) is 18.6 Å². The molecule has 0 saturated carbocycles. The predicted molar refractivity (Wildman–Crippen MR) is 52.5 cm³/mol. The van der Waals surface area contributed by atoms with Crippen LogP contribution < -0.4 is 0 Å². The zero-order chi connectivity index (χ0) is 8.74. The lowest BCUT2D eigenvalue weighted by Crippen LogP contribution is -1.86. The summed E-state index contributed by atoms with van der Waals surface area (Å²) in [5, 5.41) is 0. The third-order valence-corrected chi connectivity index (χ3v) is 5.27. The average molecular weight is 217 g/mol. The van der Waals surface area contributed by atoms with Gasteiger partial charge in [-0.15, -0.1) is 0 Å². The van der Waals surface area contributed by atoms with Crippen molar-refractivity contribution in [1.29, 1.82) is 0 Å². The molecule has 1 atom stereocenters. The number of unbranched alkanes of at least 4 members (excludes halogenated alkanes) is 1. The minimum atomic E-state index is -2.83. The highest BCUT2D eigenvalue weighted by molar-refractivity contribution is 8.63. The molecule has 2 nitrogen and oxygen atoms in total. The summed E-state index contributed by atoms with van der Waals surface area (Å²) < 4.78 is 16.2. The molecule has 0 radical (unpaired) electrons. The minimum Gasteiger partial charge on any atom is -0.310 e. The first-order valence-electron chi connectivity index (χ1n) is 3.71. The summed E-state index contributed by atoms with van der Waals surface area (Å²) in [4.78, 5) is 0.